The first kappa shape index (κ1) is 24.2. The lowest BCUT2D eigenvalue weighted by atomic mass is 10.0. The molecule has 0 spiro atoms. The minimum absolute atomic E-state index is 0.720. The van der Waals surface area contributed by atoms with Gasteiger partial charge in [0.2, 0.25) is 0 Å². The van der Waals surface area contributed by atoms with Crippen molar-refractivity contribution in [1.29, 1.82) is 0 Å². The summed E-state index contributed by atoms with van der Waals surface area (Å²) < 4.78 is 8.27. The second kappa shape index (κ2) is 9.11. The summed E-state index contributed by atoms with van der Waals surface area (Å²) in [5, 5.41) is 4.86. The van der Waals surface area contributed by atoms with E-state index in [1.54, 1.807) is 6.20 Å². The van der Waals surface area contributed by atoms with Gasteiger partial charge in [-0.3, -0.25) is 9.97 Å². The first-order valence-corrected chi connectivity index (χ1v) is 14.9. The molecule has 0 bridgehead atoms. The Morgan fingerprint density at radius 2 is 1.36 bits per heavy atom. The Kier molecular flexibility index (Phi) is 4.90. The quantitative estimate of drug-likeness (QED) is 0.227. The molecule has 10 aromatic rings. The number of pyridine rings is 3. The second-order valence-corrected chi connectivity index (χ2v) is 11.4. The first-order chi connectivity index (χ1) is 22.3. The van der Waals surface area contributed by atoms with Crippen molar-refractivity contribution in [3.63, 3.8) is 0 Å². The molecule has 1 N–H and O–H groups in total. The van der Waals surface area contributed by atoms with Crippen LogP contribution in [0.2, 0.25) is 0 Å². The van der Waals surface area contributed by atoms with Crippen LogP contribution in [0.3, 0.4) is 0 Å². The molecule has 45 heavy (non-hydrogen) atoms. The molecule has 6 heteroatoms. The Balaban J connectivity index is 1.16. The van der Waals surface area contributed by atoms with Crippen LogP contribution in [0.25, 0.3) is 93.9 Å². The Morgan fingerprint density at radius 1 is 0.556 bits per heavy atom. The van der Waals surface area contributed by atoms with Crippen molar-refractivity contribution in [2.24, 2.45) is 0 Å². The number of furan rings is 1. The van der Waals surface area contributed by atoms with Gasteiger partial charge < -0.3 is 14.0 Å². The van der Waals surface area contributed by atoms with Crippen LogP contribution in [-0.2, 0) is 0 Å². The molecule has 0 radical (unpaired) electrons. The number of aromatic nitrogens is 5. The van der Waals surface area contributed by atoms with Crippen molar-refractivity contribution in [3.05, 3.63) is 134 Å². The summed E-state index contributed by atoms with van der Waals surface area (Å²) in [6, 6.07) is 40.4. The van der Waals surface area contributed by atoms with E-state index in [4.69, 9.17) is 14.4 Å². The fourth-order valence-electron chi connectivity index (χ4n) is 6.77. The molecule has 6 heterocycles. The summed E-state index contributed by atoms with van der Waals surface area (Å²) in [6.45, 7) is 0. The highest BCUT2D eigenvalue weighted by Crippen LogP contribution is 2.37. The van der Waals surface area contributed by atoms with E-state index in [9.17, 15) is 0 Å². The number of para-hydroxylation sites is 2. The SMILES string of the molecule is c1ccc2c(c1)[nH]c1ccc(-c3ccc4c5ccccc5n(-c5cncc(-c6ccc7oc8cccnc8c7n6)c5)c4c3)cc12. The summed E-state index contributed by atoms with van der Waals surface area (Å²) >= 11 is 0. The molecule has 6 aromatic heterocycles. The number of nitrogens with one attached hydrogen (secondary N) is 1. The fraction of sp³-hybridized carbons (Fsp3) is 0. The van der Waals surface area contributed by atoms with Crippen LogP contribution in [0.1, 0.15) is 0 Å². The number of nitrogens with zero attached hydrogens (tertiary/aromatic N) is 4. The molecule has 4 aromatic carbocycles. The van der Waals surface area contributed by atoms with Gasteiger partial charge in [0.1, 0.15) is 11.0 Å². The van der Waals surface area contributed by atoms with Crippen LogP contribution in [0.4, 0.5) is 0 Å². The average molecular weight is 578 g/mol. The van der Waals surface area contributed by atoms with Gasteiger partial charge in [0, 0.05) is 50.5 Å². The molecule has 0 fully saturated rings. The molecular formula is C39H23N5O. The Bertz CT molecular complexity index is 2780. The highest BCUT2D eigenvalue weighted by atomic mass is 16.3. The lowest BCUT2D eigenvalue weighted by molar-refractivity contribution is 0.667. The van der Waals surface area contributed by atoms with Gasteiger partial charge in [0.25, 0.3) is 0 Å². The zero-order valence-electron chi connectivity index (χ0n) is 23.9. The summed E-state index contributed by atoms with van der Waals surface area (Å²) in [7, 11) is 0. The lowest BCUT2D eigenvalue weighted by Gasteiger charge is -2.10. The molecule has 0 aliphatic heterocycles. The summed E-state index contributed by atoms with van der Waals surface area (Å²) in [5.41, 5.74) is 12.6. The zero-order chi connectivity index (χ0) is 29.5. The van der Waals surface area contributed by atoms with Crippen LogP contribution < -0.4 is 0 Å². The second-order valence-electron chi connectivity index (χ2n) is 11.4. The van der Waals surface area contributed by atoms with Crippen molar-refractivity contribution < 1.29 is 4.42 Å². The van der Waals surface area contributed by atoms with Crippen LogP contribution in [0, 0.1) is 0 Å². The van der Waals surface area contributed by atoms with Crippen LogP contribution in [0.5, 0.6) is 0 Å². The molecule has 0 aliphatic carbocycles. The molecule has 0 saturated carbocycles. The summed E-state index contributed by atoms with van der Waals surface area (Å²) in [4.78, 5) is 17.7. The van der Waals surface area contributed by atoms with E-state index in [2.05, 4.69) is 106 Å². The minimum Gasteiger partial charge on any atom is -0.453 e. The third kappa shape index (κ3) is 3.60. The standard InChI is InChI=1S/C39H23N5O/c1-3-8-32-27(6-1)30-19-23(12-14-33(30)42-32)24-11-13-29-28-7-2-4-9-34(28)44(35(29)20-24)26-18-25(21-40-22-26)31-15-16-37-39(43-31)38-36(45-37)10-5-17-41-38/h1-22,42H. The van der Waals surface area contributed by atoms with E-state index in [0.717, 1.165) is 66.8 Å². The van der Waals surface area contributed by atoms with Gasteiger partial charge in [-0.2, -0.15) is 0 Å². The largest absolute Gasteiger partial charge is 0.453 e. The van der Waals surface area contributed by atoms with Gasteiger partial charge in [-0.1, -0.05) is 54.6 Å². The molecule has 0 saturated heterocycles. The maximum Gasteiger partial charge on any atom is 0.155 e. The number of benzene rings is 4. The molecule has 6 nitrogen and oxygen atoms in total. The smallest absolute Gasteiger partial charge is 0.155 e. The summed E-state index contributed by atoms with van der Waals surface area (Å²) in [5.74, 6) is 0. The Labute approximate surface area is 256 Å². The predicted molar refractivity (Wildman–Crippen MR) is 182 cm³/mol. The van der Waals surface area contributed by atoms with Crippen LogP contribution in [-0.4, -0.2) is 24.5 Å². The van der Waals surface area contributed by atoms with Crippen LogP contribution >= 0.6 is 0 Å². The van der Waals surface area contributed by atoms with Gasteiger partial charge in [0.15, 0.2) is 11.2 Å². The number of H-pyrrole nitrogens is 1. The van der Waals surface area contributed by atoms with Crippen molar-refractivity contribution in [1.82, 2.24) is 24.5 Å². The number of hydrogen-bond donors (Lipinski definition) is 1. The van der Waals surface area contributed by atoms with E-state index < -0.39 is 0 Å². The minimum atomic E-state index is 0.720. The van der Waals surface area contributed by atoms with E-state index in [1.807, 2.05) is 36.7 Å². The van der Waals surface area contributed by atoms with E-state index in [1.165, 1.54) is 27.1 Å². The Morgan fingerprint density at radius 3 is 2.33 bits per heavy atom. The predicted octanol–water partition coefficient (Wildman–Crippen LogP) is 9.84. The molecule has 0 atom stereocenters. The monoisotopic (exact) mass is 577 g/mol. The Hall–Kier alpha value is -6.27. The van der Waals surface area contributed by atoms with Crippen molar-refractivity contribution in [3.8, 4) is 28.1 Å². The topological polar surface area (TPSA) is 72.5 Å². The molecular weight excluding hydrogens is 554 g/mol. The van der Waals surface area contributed by atoms with E-state index >= 15 is 0 Å². The molecule has 0 amide bonds. The summed E-state index contributed by atoms with van der Waals surface area (Å²) in [6.07, 6.45) is 5.55. The van der Waals surface area contributed by atoms with Gasteiger partial charge in [-0.05, 0) is 71.8 Å². The number of hydrogen-bond acceptors (Lipinski definition) is 4. The maximum absolute atomic E-state index is 5.96. The highest BCUT2D eigenvalue weighted by molar-refractivity contribution is 6.11. The molecule has 0 aliphatic rings. The maximum atomic E-state index is 5.96. The molecule has 0 unspecified atom stereocenters. The van der Waals surface area contributed by atoms with E-state index in [0.29, 0.717) is 0 Å². The van der Waals surface area contributed by atoms with Crippen molar-refractivity contribution in [2.75, 3.05) is 0 Å². The van der Waals surface area contributed by atoms with Gasteiger partial charge in [0.05, 0.1) is 28.6 Å². The van der Waals surface area contributed by atoms with Crippen LogP contribution in [0.15, 0.2) is 138 Å². The fourth-order valence-corrected chi connectivity index (χ4v) is 6.77. The first-order valence-electron chi connectivity index (χ1n) is 14.9. The normalized spacial score (nSPS) is 12.0. The van der Waals surface area contributed by atoms with Gasteiger partial charge in [-0.25, -0.2) is 4.98 Å². The molecule has 10 rings (SSSR count). The van der Waals surface area contributed by atoms with Gasteiger partial charge >= 0.3 is 0 Å². The highest BCUT2D eigenvalue weighted by Gasteiger charge is 2.16. The third-order valence-electron chi connectivity index (χ3n) is 8.86. The van der Waals surface area contributed by atoms with Crippen molar-refractivity contribution >= 4 is 65.8 Å². The molecule has 210 valence electrons. The zero-order valence-corrected chi connectivity index (χ0v) is 23.9. The lowest BCUT2D eigenvalue weighted by Crippen LogP contribution is -1.96. The van der Waals surface area contributed by atoms with E-state index in [-0.39, 0.29) is 0 Å². The average Bonchev–Trinajstić information content (AvgIpc) is 3.77. The number of rotatable bonds is 3. The van der Waals surface area contributed by atoms with Gasteiger partial charge in [-0.15, -0.1) is 0 Å². The van der Waals surface area contributed by atoms with Crippen molar-refractivity contribution in [2.45, 2.75) is 0 Å². The third-order valence-corrected chi connectivity index (χ3v) is 8.86. The number of fused-ring (bicyclic) bond motifs is 9. The number of aromatic amines is 1.